The van der Waals surface area contributed by atoms with Crippen LogP contribution >= 0.6 is 22.2 Å². The standard InChI is InChI=1S/C18H46Cl2N4Si4.C4H10O/c1-15(2,3)25(13,16(4,5)6)23-27(19,21)24(28(23,20)22)26(14,17(7,8)9)18(10,11)12;1-3-5-4-2/h21-22H2,1-14H3;3-4H2,1-2H3. The van der Waals surface area contributed by atoms with Crippen molar-refractivity contribution in [2.24, 2.45) is 10.8 Å². The third-order valence-electron chi connectivity index (χ3n) is 8.40. The number of nitrogens with two attached hydrogens (primary N) is 2. The van der Waals surface area contributed by atoms with Crippen LogP contribution in [0.5, 0.6) is 0 Å². The van der Waals surface area contributed by atoms with Gasteiger partial charge in [-0.3, -0.25) is 7.79 Å². The van der Waals surface area contributed by atoms with E-state index in [0.29, 0.717) is 0 Å². The first-order valence-corrected chi connectivity index (χ1v) is 23.2. The van der Waals surface area contributed by atoms with Gasteiger partial charge in [0.1, 0.15) is 16.5 Å². The van der Waals surface area contributed by atoms with E-state index < -0.39 is 32.2 Å². The second-order valence-electron chi connectivity index (χ2n) is 13.9. The van der Waals surface area contributed by atoms with Crippen LogP contribution in [0.2, 0.25) is 33.2 Å². The van der Waals surface area contributed by atoms with Crippen LogP contribution in [0.25, 0.3) is 0 Å². The highest BCUT2D eigenvalue weighted by atomic mass is 35.6. The molecule has 0 aromatic carbocycles. The lowest BCUT2D eigenvalue weighted by Gasteiger charge is -2.77. The highest BCUT2D eigenvalue weighted by molar-refractivity contribution is 7.45. The van der Waals surface area contributed by atoms with E-state index in [4.69, 9.17) is 37.7 Å². The highest BCUT2D eigenvalue weighted by Crippen LogP contribution is 2.63. The zero-order chi connectivity index (χ0) is 27.3. The molecule has 0 amide bonds. The van der Waals surface area contributed by atoms with Gasteiger partial charge in [0.25, 0.3) is 0 Å². The van der Waals surface area contributed by atoms with Gasteiger partial charge < -0.3 is 15.5 Å². The van der Waals surface area contributed by atoms with Gasteiger partial charge in [0.2, 0.25) is 0 Å². The summed E-state index contributed by atoms with van der Waals surface area (Å²) in [6.07, 6.45) is 0. The fourth-order valence-corrected chi connectivity index (χ4v) is 49.9. The van der Waals surface area contributed by atoms with Gasteiger partial charge in [0.15, 0.2) is 0 Å². The van der Waals surface area contributed by atoms with Gasteiger partial charge in [-0.1, -0.05) is 96.2 Å². The lowest BCUT2D eigenvalue weighted by atomic mass is 10.2. The molecule has 0 radical (unpaired) electrons. The summed E-state index contributed by atoms with van der Waals surface area (Å²) in [7, 11) is -10.5. The van der Waals surface area contributed by atoms with E-state index in [-0.39, 0.29) is 20.2 Å². The van der Waals surface area contributed by atoms with Crippen LogP contribution in [0.1, 0.15) is 96.9 Å². The predicted octanol–water partition coefficient (Wildman–Crippen LogP) is 7.26. The third-order valence-corrected chi connectivity index (χ3v) is 43.4. The molecular formula is C22H56Cl2N4OSi4. The quantitative estimate of drug-likeness (QED) is 0.273. The molecule has 0 aliphatic carbocycles. The van der Waals surface area contributed by atoms with E-state index in [1.807, 2.05) is 13.8 Å². The molecule has 200 valence electrons. The van der Waals surface area contributed by atoms with Crippen molar-refractivity contribution in [3.63, 3.8) is 0 Å². The van der Waals surface area contributed by atoms with E-state index in [1.165, 1.54) is 0 Å². The molecule has 0 bridgehead atoms. The first-order valence-electron chi connectivity index (χ1n) is 12.3. The Bertz CT molecular complexity index is 569. The molecule has 33 heavy (non-hydrogen) atoms. The maximum Gasteiger partial charge on any atom is 0.366 e. The number of halogens is 2. The van der Waals surface area contributed by atoms with Gasteiger partial charge in [-0.2, -0.15) is 0 Å². The highest BCUT2D eigenvalue weighted by Gasteiger charge is 2.81. The van der Waals surface area contributed by atoms with Crippen LogP contribution < -0.4 is 10.8 Å². The topological polar surface area (TPSA) is 67.8 Å². The lowest BCUT2D eigenvalue weighted by Crippen LogP contribution is -3.06. The molecule has 1 fully saturated rings. The maximum atomic E-state index is 7.42. The molecule has 0 aromatic rings. The number of rotatable bonds is 4. The van der Waals surface area contributed by atoms with Crippen LogP contribution in [0.3, 0.4) is 0 Å². The zero-order valence-electron chi connectivity index (χ0n) is 24.6. The summed E-state index contributed by atoms with van der Waals surface area (Å²) in [6, 6.07) is 0. The van der Waals surface area contributed by atoms with E-state index in [9.17, 15) is 0 Å². The number of ether oxygens (including phenoxy) is 1. The fraction of sp³-hybridized carbons (Fsp3) is 1.00. The largest absolute Gasteiger partial charge is 0.382 e. The van der Waals surface area contributed by atoms with Crippen molar-refractivity contribution in [1.29, 1.82) is 0 Å². The molecule has 0 saturated carbocycles. The van der Waals surface area contributed by atoms with Crippen LogP contribution in [0.15, 0.2) is 0 Å². The SMILES string of the molecule is CC(C)(C)[Si](C)(N1[Si](N)(Cl)N([Si](C)(C(C)(C)C)C(C)(C)C)[Si]1(N)Cl)C(C)(C)C.CCOCC. The normalized spacial score (nSPS) is 26.5. The van der Waals surface area contributed by atoms with Gasteiger partial charge in [-0.25, -0.2) is 0 Å². The van der Waals surface area contributed by atoms with E-state index >= 15 is 0 Å². The molecule has 1 saturated heterocycles. The van der Waals surface area contributed by atoms with Crippen LogP contribution in [-0.2, 0) is 4.74 Å². The number of nitrogens with zero attached hydrogens (tertiary/aromatic N) is 2. The van der Waals surface area contributed by atoms with Crippen molar-refractivity contribution in [2.75, 3.05) is 13.2 Å². The Balaban J connectivity index is 0.00000184. The number of hydrogen-bond acceptors (Lipinski definition) is 5. The van der Waals surface area contributed by atoms with Crippen molar-refractivity contribution in [1.82, 2.24) is 7.79 Å². The Labute approximate surface area is 220 Å². The summed E-state index contributed by atoms with van der Waals surface area (Å²) < 4.78 is 9.58. The Kier molecular flexibility index (Phi) is 10.6. The molecule has 0 spiro atoms. The Morgan fingerprint density at radius 1 is 0.606 bits per heavy atom. The summed E-state index contributed by atoms with van der Waals surface area (Å²) in [5, 5.41) is 14.4. The van der Waals surface area contributed by atoms with Crippen LogP contribution in [0, 0.1) is 0 Å². The minimum absolute atomic E-state index is 0.0395. The summed E-state index contributed by atoms with van der Waals surface area (Å²) >= 11 is 14.8. The lowest BCUT2D eigenvalue weighted by molar-refractivity contribution is 0.162. The molecule has 0 aromatic heterocycles. The summed E-state index contributed by atoms with van der Waals surface area (Å²) in [5.74, 6) is 0. The van der Waals surface area contributed by atoms with Crippen LogP contribution in [0.4, 0.5) is 0 Å². The molecule has 1 rings (SSSR count). The van der Waals surface area contributed by atoms with Crippen molar-refractivity contribution < 1.29 is 4.74 Å². The second kappa shape index (κ2) is 10.2. The fourth-order valence-electron chi connectivity index (χ4n) is 5.65. The molecule has 11 heteroatoms. The molecule has 4 N–H and O–H groups in total. The van der Waals surface area contributed by atoms with Gasteiger partial charge in [0.05, 0.1) is 0 Å². The Morgan fingerprint density at radius 3 is 0.879 bits per heavy atom. The second-order valence-corrected chi connectivity index (χ2v) is 35.4. The molecule has 0 atom stereocenters. The predicted molar refractivity (Wildman–Crippen MR) is 160 cm³/mol. The first-order chi connectivity index (χ1) is 14.1. The Hall–Kier alpha value is 1.25. The van der Waals surface area contributed by atoms with E-state index in [1.54, 1.807) is 0 Å². The molecular weight excluding hydrogens is 520 g/mol. The molecule has 1 heterocycles. The molecule has 5 nitrogen and oxygen atoms in total. The van der Waals surface area contributed by atoms with Gasteiger partial charge in [-0.05, 0) is 34.0 Å². The minimum atomic E-state index is -2.99. The minimum Gasteiger partial charge on any atom is -0.382 e. The Morgan fingerprint density at radius 2 is 0.788 bits per heavy atom. The van der Waals surface area contributed by atoms with Gasteiger partial charge in [0, 0.05) is 13.2 Å². The van der Waals surface area contributed by atoms with E-state index in [2.05, 4.69) is 104 Å². The van der Waals surface area contributed by atoms with Crippen molar-refractivity contribution in [3.05, 3.63) is 0 Å². The van der Waals surface area contributed by atoms with Crippen molar-refractivity contribution in [2.45, 2.75) is 130 Å². The first kappa shape index (κ1) is 34.2. The molecule has 0 unspecified atom stereocenters. The molecule has 1 aliphatic heterocycles. The molecule has 1 aliphatic rings. The average molecular weight is 576 g/mol. The monoisotopic (exact) mass is 574 g/mol. The third kappa shape index (κ3) is 5.73. The van der Waals surface area contributed by atoms with E-state index in [0.717, 1.165) is 13.2 Å². The average Bonchev–Trinajstić information content (AvgIpc) is 2.50. The number of hydrogen-bond donors (Lipinski definition) is 2. The summed E-state index contributed by atoms with van der Waals surface area (Å²) in [5.41, 5.74) is 0. The smallest absolute Gasteiger partial charge is 0.366 e. The van der Waals surface area contributed by atoms with Crippen LogP contribution in [-0.4, -0.2) is 53.2 Å². The summed E-state index contributed by atoms with van der Waals surface area (Å²) in [6.45, 7) is 38.1. The zero-order valence-corrected chi connectivity index (χ0v) is 30.1. The maximum absolute atomic E-state index is 7.42. The van der Waals surface area contributed by atoms with Gasteiger partial charge >= 0.3 is 15.7 Å². The van der Waals surface area contributed by atoms with Gasteiger partial charge in [-0.15, -0.1) is 22.2 Å². The van der Waals surface area contributed by atoms with Crippen molar-refractivity contribution >= 4 is 54.4 Å². The van der Waals surface area contributed by atoms with Crippen molar-refractivity contribution in [3.8, 4) is 0 Å². The summed E-state index contributed by atoms with van der Waals surface area (Å²) in [4.78, 5) is 0.